The first-order chi connectivity index (χ1) is 9.75. The molecule has 1 aliphatic heterocycles. The van der Waals surface area contributed by atoms with Crippen molar-refractivity contribution in [2.45, 2.75) is 38.3 Å². The van der Waals surface area contributed by atoms with E-state index in [9.17, 15) is 4.79 Å². The zero-order chi connectivity index (χ0) is 13.9. The number of carbonyl (C=O) groups is 1. The average Bonchev–Trinajstić information content (AvgIpc) is 2.92. The van der Waals surface area contributed by atoms with Crippen LogP contribution in [0.4, 0.5) is 0 Å². The summed E-state index contributed by atoms with van der Waals surface area (Å²) in [4.78, 5) is 12.2. The van der Waals surface area contributed by atoms with E-state index in [-0.39, 0.29) is 42.8 Å². The lowest BCUT2D eigenvalue weighted by atomic mass is 10.0. The molecule has 1 aliphatic rings. The zero-order valence-electron chi connectivity index (χ0n) is 12.4. The summed E-state index contributed by atoms with van der Waals surface area (Å²) in [7, 11) is 0. The number of rotatable bonds is 3. The highest BCUT2D eigenvalue weighted by atomic mass is 35.5. The van der Waals surface area contributed by atoms with Crippen LogP contribution in [0.5, 0.6) is 0 Å². The van der Waals surface area contributed by atoms with Gasteiger partial charge in [0.05, 0.1) is 12.1 Å². The number of pyridine rings is 1. The van der Waals surface area contributed by atoms with Gasteiger partial charge in [-0.25, -0.2) is 0 Å². The third-order valence-electron chi connectivity index (χ3n) is 3.71. The van der Waals surface area contributed by atoms with Crippen molar-refractivity contribution in [3.63, 3.8) is 0 Å². The summed E-state index contributed by atoms with van der Waals surface area (Å²) in [6.45, 7) is 2.85. The number of hydrogen-bond acceptors (Lipinski definition) is 4. The van der Waals surface area contributed by atoms with E-state index < -0.39 is 0 Å². The predicted octanol–water partition coefficient (Wildman–Crippen LogP) is 1.89. The molecule has 1 amide bonds. The van der Waals surface area contributed by atoms with Gasteiger partial charge in [-0.2, -0.15) is 0 Å². The van der Waals surface area contributed by atoms with Gasteiger partial charge in [0.25, 0.3) is 0 Å². The Morgan fingerprint density at radius 1 is 1.36 bits per heavy atom. The molecule has 2 aromatic rings. The molecule has 6 nitrogen and oxygen atoms in total. The Labute approximate surface area is 141 Å². The molecule has 3 heterocycles. The number of piperidine rings is 1. The maximum absolute atomic E-state index is 12.2. The van der Waals surface area contributed by atoms with Crippen LogP contribution in [-0.2, 0) is 4.79 Å². The number of amides is 1. The fraction of sp³-hybridized carbons (Fsp3) is 0.500. The van der Waals surface area contributed by atoms with Crippen molar-refractivity contribution in [1.29, 1.82) is 0 Å². The molecule has 2 unspecified atom stereocenters. The highest BCUT2D eigenvalue weighted by Crippen LogP contribution is 2.13. The second-order valence-corrected chi connectivity index (χ2v) is 5.22. The molecule has 8 heteroatoms. The van der Waals surface area contributed by atoms with Crippen LogP contribution in [0.2, 0.25) is 0 Å². The van der Waals surface area contributed by atoms with Crippen molar-refractivity contribution < 1.29 is 4.79 Å². The SMILES string of the molecule is CC(NC(=O)C1CCCCN1)c1nnc2ccccn12.Cl.Cl. The van der Waals surface area contributed by atoms with Crippen LogP contribution in [-0.4, -0.2) is 33.1 Å². The van der Waals surface area contributed by atoms with Gasteiger partial charge < -0.3 is 10.6 Å². The van der Waals surface area contributed by atoms with Crippen LogP contribution in [0.3, 0.4) is 0 Å². The minimum atomic E-state index is -0.163. The van der Waals surface area contributed by atoms with E-state index in [1.54, 1.807) is 0 Å². The molecule has 3 rings (SSSR count). The van der Waals surface area contributed by atoms with Crippen molar-refractivity contribution in [2.75, 3.05) is 6.54 Å². The van der Waals surface area contributed by atoms with Crippen molar-refractivity contribution >= 4 is 36.4 Å². The molecule has 1 fully saturated rings. The van der Waals surface area contributed by atoms with E-state index in [0.717, 1.165) is 37.3 Å². The quantitative estimate of drug-likeness (QED) is 0.890. The summed E-state index contributed by atoms with van der Waals surface area (Å²) in [5.41, 5.74) is 0.791. The Bertz CT molecular complexity index is 612. The fourth-order valence-corrected chi connectivity index (χ4v) is 2.61. The Hall–Kier alpha value is -1.37. The summed E-state index contributed by atoms with van der Waals surface area (Å²) in [5, 5.41) is 14.5. The minimum absolute atomic E-state index is 0. The molecule has 0 aliphatic carbocycles. The second kappa shape index (κ2) is 8.31. The largest absolute Gasteiger partial charge is 0.345 e. The molecule has 0 bridgehead atoms. The van der Waals surface area contributed by atoms with Crippen LogP contribution in [0.25, 0.3) is 5.65 Å². The third kappa shape index (κ3) is 3.88. The Morgan fingerprint density at radius 2 is 2.18 bits per heavy atom. The zero-order valence-corrected chi connectivity index (χ0v) is 14.0. The summed E-state index contributed by atoms with van der Waals surface area (Å²) in [6.07, 6.45) is 5.06. The summed E-state index contributed by atoms with van der Waals surface area (Å²) in [5.74, 6) is 0.801. The lowest BCUT2D eigenvalue weighted by Gasteiger charge is -2.24. The molecule has 2 N–H and O–H groups in total. The first-order valence-electron chi connectivity index (χ1n) is 7.09. The predicted molar refractivity (Wildman–Crippen MR) is 89.7 cm³/mol. The second-order valence-electron chi connectivity index (χ2n) is 5.22. The van der Waals surface area contributed by atoms with Crippen LogP contribution >= 0.6 is 24.8 Å². The number of fused-ring (bicyclic) bond motifs is 1. The smallest absolute Gasteiger partial charge is 0.237 e. The first-order valence-corrected chi connectivity index (χ1v) is 7.09. The lowest BCUT2D eigenvalue weighted by molar-refractivity contribution is -0.124. The minimum Gasteiger partial charge on any atom is -0.345 e. The van der Waals surface area contributed by atoms with Gasteiger partial charge in [0, 0.05) is 6.20 Å². The van der Waals surface area contributed by atoms with E-state index in [0.29, 0.717) is 0 Å². The van der Waals surface area contributed by atoms with Gasteiger partial charge in [-0.05, 0) is 38.4 Å². The number of aromatic nitrogens is 3. The van der Waals surface area contributed by atoms with Crippen molar-refractivity contribution in [3.8, 4) is 0 Å². The van der Waals surface area contributed by atoms with Crippen LogP contribution < -0.4 is 10.6 Å². The van der Waals surface area contributed by atoms with Crippen LogP contribution in [0.1, 0.15) is 38.1 Å². The standard InChI is InChI=1S/C14H19N5O.2ClH/c1-10(16-14(20)11-6-2-4-8-15-11)13-18-17-12-7-3-5-9-19(12)13;;/h3,5,7,9-11,15H,2,4,6,8H2,1H3,(H,16,20);2*1H. The van der Waals surface area contributed by atoms with Gasteiger partial charge in [-0.1, -0.05) is 12.5 Å². The monoisotopic (exact) mass is 345 g/mol. The first kappa shape index (κ1) is 18.7. The Kier molecular flexibility index (Phi) is 7.06. The fourth-order valence-electron chi connectivity index (χ4n) is 2.61. The number of halogens is 2. The normalized spacial score (nSPS) is 18.9. The maximum atomic E-state index is 12.2. The van der Waals surface area contributed by atoms with Crippen LogP contribution in [0.15, 0.2) is 24.4 Å². The number of nitrogens with zero attached hydrogens (tertiary/aromatic N) is 3. The molecule has 0 radical (unpaired) electrons. The molecule has 0 saturated carbocycles. The van der Waals surface area contributed by atoms with E-state index >= 15 is 0 Å². The van der Waals surface area contributed by atoms with Gasteiger partial charge in [0.1, 0.15) is 0 Å². The molecule has 0 spiro atoms. The number of hydrogen-bond donors (Lipinski definition) is 2. The van der Waals surface area contributed by atoms with Crippen molar-refractivity contribution in [2.24, 2.45) is 0 Å². The molecule has 0 aromatic carbocycles. The van der Waals surface area contributed by atoms with E-state index in [4.69, 9.17) is 0 Å². The Balaban J connectivity index is 0.00000121. The Morgan fingerprint density at radius 3 is 2.91 bits per heavy atom. The molecule has 2 atom stereocenters. The van der Waals surface area contributed by atoms with E-state index in [2.05, 4.69) is 20.8 Å². The molecule has 2 aromatic heterocycles. The molecule has 22 heavy (non-hydrogen) atoms. The average molecular weight is 346 g/mol. The number of carbonyl (C=O) groups excluding carboxylic acids is 1. The topological polar surface area (TPSA) is 71.3 Å². The summed E-state index contributed by atoms with van der Waals surface area (Å²) < 4.78 is 1.90. The van der Waals surface area contributed by atoms with Gasteiger partial charge in [-0.15, -0.1) is 35.0 Å². The molecule has 122 valence electrons. The van der Waals surface area contributed by atoms with E-state index in [1.165, 1.54) is 0 Å². The van der Waals surface area contributed by atoms with Gasteiger partial charge in [0.2, 0.25) is 5.91 Å². The van der Waals surface area contributed by atoms with Crippen molar-refractivity contribution in [1.82, 2.24) is 25.2 Å². The van der Waals surface area contributed by atoms with Crippen LogP contribution in [0, 0.1) is 0 Å². The van der Waals surface area contributed by atoms with Gasteiger partial charge in [-0.3, -0.25) is 9.20 Å². The maximum Gasteiger partial charge on any atom is 0.237 e. The summed E-state index contributed by atoms with van der Waals surface area (Å²) >= 11 is 0. The third-order valence-corrected chi connectivity index (χ3v) is 3.71. The number of nitrogens with one attached hydrogen (secondary N) is 2. The highest BCUT2D eigenvalue weighted by Gasteiger charge is 2.23. The molecular formula is C14H21Cl2N5O. The molecular weight excluding hydrogens is 325 g/mol. The summed E-state index contributed by atoms with van der Waals surface area (Å²) in [6, 6.07) is 5.50. The highest BCUT2D eigenvalue weighted by molar-refractivity contribution is 5.85. The van der Waals surface area contributed by atoms with E-state index in [1.807, 2.05) is 35.7 Å². The lowest BCUT2D eigenvalue weighted by Crippen LogP contribution is -2.47. The van der Waals surface area contributed by atoms with Gasteiger partial charge >= 0.3 is 0 Å². The van der Waals surface area contributed by atoms with Crippen molar-refractivity contribution in [3.05, 3.63) is 30.2 Å². The molecule has 1 saturated heterocycles. The van der Waals surface area contributed by atoms with Gasteiger partial charge in [0.15, 0.2) is 11.5 Å².